The lowest BCUT2D eigenvalue weighted by Crippen LogP contribution is -2.57. The lowest BCUT2D eigenvalue weighted by atomic mass is 9.90. The first-order valence-corrected chi connectivity index (χ1v) is 9.38. The van der Waals surface area contributed by atoms with E-state index in [9.17, 15) is 9.90 Å². The fraction of sp³-hybridized carbons (Fsp3) is 0.476. The number of para-hydroxylation sites is 1. The molecule has 1 fully saturated rings. The van der Waals surface area contributed by atoms with E-state index in [2.05, 4.69) is 0 Å². The molecule has 0 bridgehead atoms. The fourth-order valence-corrected chi connectivity index (χ4v) is 3.84. The van der Waals surface area contributed by atoms with Gasteiger partial charge >= 0.3 is 0 Å². The number of ether oxygens (including phenoxy) is 2. The summed E-state index contributed by atoms with van der Waals surface area (Å²) in [5.74, 6) is 0.992. The molecule has 1 aromatic carbocycles. The number of furan rings is 1. The van der Waals surface area contributed by atoms with Crippen LogP contribution in [-0.2, 0) is 17.9 Å². The van der Waals surface area contributed by atoms with Crippen LogP contribution >= 0.6 is 0 Å². The Labute approximate surface area is 165 Å². The highest BCUT2D eigenvalue weighted by molar-refractivity contribution is 5.86. The molecule has 3 rings (SSSR count). The van der Waals surface area contributed by atoms with Crippen molar-refractivity contribution in [2.45, 2.75) is 31.5 Å². The van der Waals surface area contributed by atoms with Gasteiger partial charge in [0.25, 0.3) is 5.91 Å². The number of methoxy groups -OCH3 is 2. The van der Waals surface area contributed by atoms with Crippen LogP contribution in [0, 0.1) is 0 Å². The molecule has 1 amide bonds. The average Bonchev–Trinajstić information content (AvgIpc) is 3.18. The van der Waals surface area contributed by atoms with Gasteiger partial charge in [0.2, 0.25) is 0 Å². The van der Waals surface area contributed by atoms with Crippen LogP contribution in [0.1, 0.15) is 24.0 Å². The summed E-state index contributed by atoms with van der Waals surface area (Å²) in [5, 5.41) is 11.1. The van der Waals surface area contributed by atoms with E-state index in [0.29, 0.717) is 37.6 Å². The second-order valence-corrected chi connectivity index (χ2v) is 7.32. The number of carbonyl (C=O) groups is 1. The van der Waals surface area contributed by atoms with E-state index in [1.807, 2.05) is 36.2 Å². The molecule has 1 atom stereocenters. The zero-order valence-corrected chi connectivity index (χ0v) is 16.7. The number of hydrogen-bond acceptors (Lipinski definition) is 6. The normalized spacial score (nSPS) is 19.9. The van der Waals surface area contributed by atoms with Crippen molar-refractivity contribution in [1.29, 1.82) is 0 Å². The summed E-state index contributed by atoms with van der Waals surface area (Å²) in [7, 11) is 5.06. The van der Waals surface area contributed by atoms with Crippen LogP contribution in [0.3, 0.4) is 0 Å². The Morgan fingerprint density at radius 3 is 2.79 bits per heavy atom. The summed E-state index contributed by atoms with van der Waals surface area (Å²) < 4.78 is 15.9. The van der Waals surface area contributed by atoms with Crippen molar-refractivity contribution in [3.8, 4) is 11.5 Å². The molecule has 0 radical (unpaired) electrons. The molecular formula is C21H28N2O5. The van der Waals surface area contributed by atoms with Gasteiger partial charge in [0.05, 0.1) is 26.7 Å². The Bertz CT molecular complexity index is 792. The van der Waals surface area contributed by atoms with Crippen LogP contribution in [0.2, 0.25) is 0 Å². The molecule has 7 nitrogen and oxygen atoms in total. The highest BCUT2D eigenvalue weighted by Crippen LogP contribution is 2.33. The molecular weight excluding hydrogens is 360 g/mol. The van der Waals surface area contributed by atoms with Gasteiger partial charge < -0.3 is 23.9 Å². The number of likely N-dealkylation sites (N-methyl/N-ethyl adjacent to an activating group) is 1. The van der Waals surface area contributed by atoms with Crippen molar-refractivity contribution in [2.24, 2.45) is 0 Å². The summed E-state index contributed by atoms with van der Waals surface area (Å²) in [6.07, 6.45) is 4.49. The number of aliphatic hydroxyl groups is 1. The third-order valence-electron chi connectivity index (χ3n) is 5.11. The third kappa shape index (κ3) is 4.31. The van der Waals surface area contributed by atoms with Gasteiger partial charge in [0.1, 0.15) is 0 Å². The predicted octanol–water partition coefficient (Wildman–Crippen LogP) is 2.28. The van der Waals surface area contributed by atoms with Crippen molar-refractivity contribution < 1.29 is 23.8 Å². The SMILES string of the molecule is COc1cccc(CN2CCC[C@@](O)(CN(C)Cc3ccoc3)C2=O)c1OC. The Morgan fingerprint density at radius 1 is 1.29 bits per heavy atom. The number of hydrogen-bond donors (Lipinski definition) is 1. The fourth-order valence-electron chi connectivity index (χ4n) is 3.84. The summed E-state index contributed by atoms with van der Waals surface area (Å²) in [5.41, 5.74) is 0.460. The van der Waals surface area contributed by atoms with E-state index in [1.165, 1.54) is 0 Å². The number of nitrogens with zero attached hydrogens (tertiary/aromatic N) is 2. The zero-order valence-electron chi connectivity index (χ0n) is 16.7. The van der Waals surface area contributed by atoms with E-state index in [4.69, 9.17) is 13.9 Å². The molecule has 152 valence electrons. The first-order valence-electron chi connectivity index (χ1n) is 9.38. The number of likely N-dealkylation sites (tertiary alicyclic amines) is 1. The number of carbonyl (C=O) groups excluding carboxylic acids is 1. The molecule has 2 heterocycles. The highest BCUT2D eigenvalue weighted by atomic mass is 16.5. The molecule has 28 heavy (non-hydrogen) atoms. The monoisotopic (exact) mass is 388 g/mol. The molecule has 0 aliphatic carbocycles. The van der Waals surface area contributed by atoms with E-state index in [0.717, 1.165) is 17.5 Å². The molecule has 0 spiro atoms. The van der Waals surface area contributed by atoms with Crippen LogP contribution in [0.25, 0.3) is 0 Å². The Hall–Kier alpha value is -2.51. The van der Waals surface area contributed by atoms with E-state index in [-0.39, 0.29) is 12.5 Å². The number of benzene rings is 1. The zero-order chi connectivity index (χ0) is 20.1. The quantitative estimate of drug-likeness (QED) is 0.748. The first kappa shape index (κ1) is 20.2. The van der Waals surface area contributed by atoms with Crippen LogP contribution in [-0.4, -0.2) is 60.8 Å². The van der Waals surface area contributed by atoms with Crippen molar-refractivity contribution >= 4 is 5.91 Å². The Kier molecular flexibility index (Phi) is 6.26. The summed E-state index contributed by atoms with van der Waals surface area (Å²) in [6.45, 7) is 1.85. The minimum absolute atomic E-state index is 0.248. The summed E-state index contributed by atoms with van der Waals surface area (Å²) >= 11 is 0. The van der Waals surface area contributed by atoms with Gasteiger partial charge in [-0.2, -0.15) is 0 Å². The maximum absolute atomic E-state index is 13.1. The highest BCUT2D eigenvalue weighted by Gasteiger charge is 2.43. The van der Waals surface area contributed by atoms with Gasteiger partial charge in [0, 0.05) is 37.3 Å². The standard InChI is InChI=1S/C21H28N2O5/c1-22(12-16-8-11-28-14-16)15-21(25)9-5-10-23(20(21)24)13-17-6-4-7-18(26-2)19(17)27-3/h4,6-8,11,14,25H,5,9-10,12-13,15H2,1-3H3/t21-/m1/s1. The largest absolute Gasteiger partial charge is 0.493 e. The van der Waals surface area contributed by atoms with Crippen LogP contribution in [0.4, 0.5) is 0 Å². The smallest absolute Gasteiger partial charge is 0.256 e. The van der Waals surface area contributed by atoms with Gasteiger partial charge in [-0.3, -0.25) is 9.69 Å². The van der Waals surface area contributed by atoms with Crippen molar-refractivity contribution in [1.82, 2.24) is 9.80 Å². The Balaban J connectivity index is 1.71. The molecule has 0 unspecified atom stereocenters. The second-order valence-electron chi connectivity index (χ2n) is 7.32. The summed E-state index contributed by atoms with van der Waals surface area (Å²) in [6, 6.07) is 7.48. The summed E-state index contributed by atoms with van der Waals surface area (Å²) in [4.78, 5) is 16.7. The van der Waals surface area contributed by atoms with Crippen molar-refractivity contribution in [3.63, 3.8) is 0 Å². The van der Waals surface area contributed by atoms with Crippen LogP contribution in [0.5, 0.6) is 11.5 Å². The van der Waals surface area contributed by atoms with E-state index in [1.54, 1.807) is 31.6 Å². The first-order chi connectivity index (χ1) is 13.5. The predicted molar refractivity (Wildman–Crippen MR) is 104 cm³/mol. The number of amides is 1. The number of piperidine rings is 1. The maximum atomic E-state index is 13.1. The number of rotatable bonds is 8. The lowest BCUT2D eigenvalue weighted by Gasteiger charge is -2.40. The van der Waals surface area contributed by atoms with Crippen LogP contribution in [0.15, 0.2) is 41.2 Å². The molecule has 7 heteroatoms. The molecule has 1 aliphatic heterocycles. The van der Waals surface area contributed by atoms with Crippen molar-refractivity contribution in [2.75, 3.05) is 34.4 Å². The van der Waals surface area contributed by atoms with Gasteiger partial charge in [-0.25, -0.2) is 0 Å². The minimum Gasteiger partial charge on any atom is -0.493 e. The molecule has 1 saturated heterocycles. The molecule has 0 saturated carbocycles. The van der Waals surface area contributed by atoms with Crippen molar-refractivity contribution in [3.05, 3.63) is 47.9 Å². The molecule has 1 aliphatic rings. The Morgan fingerprint density at radius 2 is 2.11 bits per heavy atom. The minimum atomic E-state index is -1.40. The van der Waals surface area contributed by atoms with E-state index >= 15 is 0 Å². The second kappa shape index (κ2) is 8.67. The molecule has 2 aromatic rings. The molecule has 1 aromatic heterocycles. The van der Waals surface area contributed by atoms with Gasteiger partial charge in [0.15, 0.2) is 17.1 Å². The van der Waals surface area contributed by atoms with Gasteiger partial charge in [-0.15, -0.1) is 0 Å². The van der Waals surface area contributed by atoms with Gasteiger partial charge in [-0.05, 0) is 32.0 Å². The maximum Gasteiger partial charge on any atom is 0.256 e. The molecule has 1 N–H and O–H groups in total. The van der Waals surface area contributed by atoms with Gasteiger partial charge in [-0.1, -0.05) is 12.1 Å². The topological polar surface area (TPSA) is 75.4 Å². The third-order valence-corrected chi connectivity index (χ3v) is 5.11. The van der Waals surface area contributed by atoms with E-state index < -0.39 is 5.60 Å². The lowest BCUT2D eigenvalue weighted by molar-refractivity contribution is -0.160. The van der Waals surface area contributed by atoms with Crippen LogP contribution < -0.4 is 9.47 Å². The average molecular weight is 388 g/mol.